The molecule has 2 N–H and O–H groups in total. The van der Waals surface area contributed by atoms with E-state index in [4.69, 9.17) is 9.15 Å². The highest BCUT2D eigenvalue weighted by Gasteiger charge is 2.26. The Balaban J connectivity index is 1.41. The Morgan fingerprint density at radius 2 is 2.00 bits per heavy atom. The maximum absolute atomic E-state index is 12.8. The largest absolute Gasteiger partial charge is 0.411 e. The highest BCUT2D eigenvalue weighted by atomic mass is 32.2. The lowest BCUT2D eigenvalue weighted by atomic mass is 9.95. The quantitative estimate of drug-likeness (QED) is 0.360. The van der Waals surface area contributed by atoms with Crippen molar-refractivity contribution in [3.8, 4) is 11.5 Å². The lowest BCUT2D eigenvalue weighted by Gasteiger charge is -2.13. The van der Waals surface area contributed by atoms with E-state index < -0.39 is 0 Å². The zero-order valence-corrected chi connectivity index (χ0v) is 19.3. The molecule has 0 bridgehead atoms. The van der Waals surface area contributed by atoms with Gasteiger partial charge in [-0.3, -0.25) is 9.59 Å². The molecule has 0 saturated heterocycles. The van der Waals surface area contributed by atoms with Gasteiger partial charge in [0.15, 0.2) is 0 Å². The predicted molar refractivity (Wildman–Crippen MR) is 124 cm³/mol. The molecule has 2 heterocycles. The van der Waals surface area contributed by atoms with Crippen molar-refractivity contribution >= 4 is 39.9 Å². The number of hydrogen-bond acceptors (Lipinski definition) is 8. The molecule has 3 aromatic rings. The predicted octanol–water partition coefficient (Wildman–Crippen LogP) is 3.78. The molecule has 0 unspecified atom stereocenters. The molecule has 0 aliphatic heterocycles. The van der Waals surface area contributed by atoms with Gasteiger partial charge in [-0.1, -0.05) is 30.0 Å². The van der Waals surface area contributed by atoms with Gasteiger partial charge in [0.25, 0.3) is 11.1 Å². The summed E-state index contributed by atoms with van der Waals surface area (Å²) < 4.78 is 10.7. The van der Waals surface area contributed by atoms with Crippen LogP contribution in [0.4, 0.5) is 5.00 Å². The third-order valence-electron chi connectivity index (χ3n) is 5.00. The van der Waals surface area contributed by atoms with Gasteiger partial charge >= 0.3 is 0 Å². The summed E-state index contributed by atoms with van der Waals surface area (Å²) in [5, 5.41) is 14.8. The van der Waals surface area contributed by atoms with Crippen LogP contribution in [0, 0.1) is 0 Å². The van der Waals surface area contributed by atoms with E-state index in [9.17, 15) is 9.59 Å². The van der Waals surface area contributed by atoms with Crippen molar-refractivity contribution in [1.82, 2.24) is 15.5 Å². The van der Waals surface area contributed by atoms with Crippen molar-refractivity contribution in [2.24, 2.45) is 0 Å². The SMILES string of the molecule is COCCNC(=O)c1c(NC(=O)CSc2nnc(-c3ccccc3)o2)sc2c1CCCC2. The second kappa shape index (κ2) is 10.8. The summed E-state index contributed by atoms with van der Waals surface area (Å²) >= 11 is 2.66. The van der Waals surface area contributed by atoms with Crippen molar-refractivity contribution < 1.29 is 18.7 Å². The molecule has 4 rings (SSSR count). The molecule has 10 heteroatoms. The number of methoxy groups -OCH3 is 1. The zero-order chi connectivity index (χ0) is 22.3. The molecule has 0 spiro atoms. The highest BCUT2D eigenvalue weighted by molar-refractivity contribution is 7.99. The third kappa shape index (κ3) is 5.37. The summed E-state index contributed by atoms with van der Waals surface area (Å²) in [6.45, 7) is 0.857. The summed E-state index contributed by atoms with van der Waals surface area (Å²) in [6.07, 6.45) is 3.94. The van der Waals surface area contributed by atoms with Crippen LogP contribution in [0.5, 0.6) is 0 Å². The van der Waals surface area contributed by atoms with Crippen molar-refractivity contribution in [3.63, 3.8) is 0 Å². The molecule has 32 heavy (non-hydrogen) atoms. The molecule has 2 aromatic heterocycles. The summed E-state index contributed by atoms with van der Waals surface area (Å²) in [4.78, 5) is 26.6. The number of carbonyl (C=O) groups excluding carboxylic acids is 2. The monoisotopic (exact) mass is 472 g/mol. The average Bonchev–Trinajstić information content (AvgIpc) is 3.43. The Morgan fingerprint density at radius 3 is 2.81 bits per heavy atom. The van der Waals surface area contributed by atoms with Gasteiger partial charge in [0, 0.05) is 24.1 Å². The first-order chi connectivity index (χ1) is 15.7. The first kappa shape index (κ1) is 22.5. The van der Waals surface area contributed by atoms with Gasteiger partial charge < -0.3 is 19.8 Å². The number of hydrogen-bond donors (Lipinski definition) is 2. The number of amides is 2. The Hall–Kier alpha value is -2.69. The molecule has 8 nitrogen and oxygen atoms in total. The minimum atomic E-state index is -0.223. The third-order valence-corrected chi connectivity index (χ3v) is 7.02. The molecule has 0 fully saturated rings. The first-order valence-electron chi connectivity index (χ1n) is 10.4. The lowest BCUT2D eigenvalue weighted by Crippen LogP contribution is -2.29. The maximum atomic E-state index is 12.8. The van der Waals surface area contributed by atoms with Crippen LogP contribution in [0.25, 0.3) is 11.5 Å². The number of anilines is 1. The van der Waals surface area contributed by atoms with E-state index in [-0.39, 0.29) is 17.6 Å². The number of thiophene rings is 1. The molecule has 168 valence electrons. The highest BCUT2D eigenvalue weighted by Crippen LogP contribution is 2.38. The molecular weight excluding hydrogens is 448 g/mol. The van der Waals surface area contributed by atoms with Crippen LogP contribution < -0.4 is 10.6 Å². The minimum Gasteiger partial charge on any atom is -0.411 e. The van der Waals surface area contributed by atoms with Crippen molar-refractivity contribution in [1.29, 1.82) is 0 Å². The molecule has 2 amide bonds. The molecule has 1 aliphatic rings. The normalized spacial score (nSPS) is 12.9. The van der Waals surface area contributed by atoms with E-state index in [2.05, 4.69) is 20.8 Å². The maximum Gasteiger partial charge on any atom is 0.277 e. The van der Waals surface area contributed by atoms with E-state index in [1.807, 2.05) is 30.3 Å². The number of aryl methyl sites for hydroxylation is 1. The molecule has 0 atom stereocenters. The van der Waals surface area contributed by atoms with Crippen LogP contribution in [0.15, 0.2) is 40.0 Å². The Kier molecular flexibility index (Phi) is 7.56. The summed E-state index contributed by atoms with van der Waals surface area (Å²) in [5.41, 5.74) is 2.47. The van der Waals surface area contributed by atoms with Crippen LogP contribution in [-0.2, 0) is 22.4 Å². The first-order valence-corrected chi connectivity index (χ1v) is 12.2. The summed E-state index contributed by atoms with van der Waals surface area (Å²) in [5.74, 6) is 0.117. The molecule has 0 saturated carbocycles. The van der Waals surface area contributed by atoms with Crippen molar-refractivity contribution in [3.05, 3.63) is 46.3 Å². The van der Waals surface area contributed by atoms with E-state index in [1.54, 1.807) is 7.11 Å². The van der Waals surface area contributed by atoms with Gasteiger partial charge in [-0.25, -0.2) is 0 Å². The fourth-order valence-corrected chi connectivity index (χ4v) is 5.37. The Bertz CT molecular complexity index is 1080. The van der Waals surface area contributed by atoms with Crippen LogP contribution >= 0.6 is 23.1 Å². The van der Waals surface area contributed by atoms with Crippen LogP contribution in [0.1, 0.15) is 33.6 Å². The summed E-state index contributed by atoms with van der Waals surface area (Å²) in [7, 11) is 1.59. The van der Waals surface area contributed by atoms with Crippen LogP contribution in [0.3, 0.4) is 0 Å². The van der Waals surface area contributed by atoms with E-state index in [0.29, 0.717) is 34.8 Å². The molecule has 1 aliphatic carbocycles. The zero-order valence-electron chi connectivity index (χ0n) is 17.7. The van der Waals surface area contributed by atoms with Gasteiger partial charge in [0.05, 0.1) is 17.9 Å². The standard InChI is InChI=1S/C22H24N4O4S2/c1-29-12-11-23-19(28)18-15-9-5-6-10-16(15)32-21(18)24-17(27)13-31-22-26-25-20(30-22)14-7-3-2-4-8-14/h2-4,7-8H,5-6,9-13H2,1H3,(H,23,28)(H,24,27). The number of aromatic nitrogens is 2. The minimum absolute atomic E-state index is 0.101. The van der Waals surface area contributed by atoms with Crippen molar-refractivity contribution in [2.75, 3.05) is 31.3 Å². The van der Waals surface area contributed by atoms with E-state index >= 15 is 0 Å². The fraction of sp³-hybridized carbons (Fsp3) is 0.364. The topological polar surface area (TPSA) is 106 Å². The lowest BCUT2D eigenvalue weighted by molar-refractivity contribution is -0.113. The van der Waals surface area contributed by atoms with E-state index in [1.165, 1.54) is 16.2 Å². The van der Waals surface area contributed by atoms with E-state index in [0.717, 1.165) is 48.6 Å². The number of nitrogens with zero attached hydrogens (tertiary/aromatic N) is 2. The number of rotatable bonds is 9. The molecule has 1 aromatic carbocycles. The number of thioether (sulfide) groups is 1. The van der Waals surface area contributed by atoms with Gasteiger partial charge in [-0.05, 0) is 43.4 Å². The Labute approximate surface area is 194 Å². The summed E-state index contributed by atoms with van der Waals surface area (Å²) in [6, 6.07) is 9.46. The van der Waals surface area contributed by atoms with Crippen LogP contribution in [0.2, 0.25) is 0 Å². The van der Waals surface area contributed by atoms with Crippen molar-refractivity contribution in [2.45, 2.75) is 30.9 Å². The number of fused-ring (bicyclic) bond motifs is 1. The number of ether oxygens (including phenoxy) is 1. The van der Waals surface area contributed by atoms with Gasteiger partial charge in [-0.15, -0.1) is 21.5 Å². The second-order valence-electron chi connectivity index (χ2n) is 7.24. The van der Waals surface area contributed by atoms with Gasteiger partial charge in [-0.2, -0.15) is 0 Å². The Morgan fingerprint density at radius 1 is 1.19 bits per heavy atom. The molecular formula is C22H24N4O4S2. The van der Waals surface area contributed by atoms with Gasteiger partial charge in [0.1, 0.15) is 5.00 Å². The van der Waals surface area contributed by atoms with Crippen LogP contribution in [-0.4, -0.2) is 48.0 Å². The number of carbonyl (C=O) groups is 2. The number of nitrogens with one attached hydrogen (secondary N) is 2. The average molecular weight is 473 g/mol. The number of benzene rings is 1. The second-order valence-corrected chi connectivity index (χ2v) is 9.27. The smallest absolute Gasteiger partial charge is 0.277 e. The fourth-order valence-electron chi connectivity index (χ4n) is 3.50. The van der Waals surface area contributed by atoms with Gasteiger partial charge in [0.2, 0.25) is 11.8 Å². The molecule has 0 radical (unpaired) electrons.